The zero-order chi connectivity index (χ0) is 11.7. The van der Waals surface area contributed by atoms with Crippen molar-refractivity contribution in [2.45, 2.75) is 52.1 Å². The van der Waals surface area contributed by atoms with Gasteiger partial charge in [-0.2, -0.15) is 0 Å². The Morgan fingerprint density at radius 3 is 2.25 bits per heavy atom. The van der Waals surface area contributed by atoms with Crippen LogP contribution in [0.1, 0.15) is 40.0 Å². The largest absolute Gasteiger partial charge is 0.339 e. The average molecular weight is 224 g/mol. The average Bonchev–Trinajstić information content (AvgIpc) is 2.10. The summed E-state index contributed by atoms with van der Waals surface area (Å²) >= 11 is 0. The highest BCUT2D eigenvalue weighted by Crippen LogP contribution is 2.22. The molecular formula is C13H24N2O. The monoisotopic (exact) mass is 224 g/mol. The first-order chi connectivity index (χ1) is 7.58. The third-order valence-electron chi connectivity index (χ3n) is 4.16. The molecule has 1 saturated heterocycles. The van der Waals surface area contributed by atoms with Crippen LogP contribution >= 0.6 is 0 Å². The van der Waals surface area contributed by atoms with Crippen LogP contribution < -0.4 is 5.32 Å². The molecule has 92 valence electrons. The molecule has 0 bridgehead atoms. The van der Waals surface area contributed by atoms with E-state index in [0.717, 1.165) is 19.1 Å². The lowest BCUT2D eigenvalue weighted by molar-refractivity contribution is -0.141. The zero-order valence-electron chi connectivity index (χ0n) is 10.7. The fourth-order valence-corrected chi connectivity index (χ4v) is 2.25. The summed E-state index contributed by atoms with van der Waals surface area (Å²) in [4.78, 5) is 14.0. The number of carbonyl (C=O) groups is 1. The number of hydrogen-bond acceptors (Lipinski definition) is 2. The lowest BCUT2D eigenvalue weighted by atomic mass is 9.90. The number of nitrogens with zero attached hydrogens (tertiary/aromatic N) is 1. The number of nitrogens with one attached hydrogen (secondary N) is 1. The maximum absolute atomic E-state index is 12.0. The molecular weight excluding hydrogens is 200 g/mol. The minimum Gasteiger partial charge on any atom is -0.339 e. The Labute approximate surface area is 98.6 Å². The third-order valence-corrected chi connectivity index (χ3v) is 4.16. The van der Waals surface area contributed by atoms with Crippen LogP contribution in [0.25, 0.3) is 0 Å². The number of likely N-dealkylation sites (tertiary alicyclic amines) is 1. The quantitative estimate of drug-likeness (QED) is 0.787. The molecule has 2 aliphatic rings. The highest BCUT2D eigenvalue weighted by atomic mass is 16.2. The second-order valence-corrected chi connectivity index (χ2v) is 5.77. The first kappa shape index (κ1) is 11.9. The van der Waals surface area contributed by atoms with Gasteiger partial charge in [0, 0.05) is 31.1 Å². The molecule has 0 aromatic carbocycles. The van der Waals surface area contributed by atoms with Crippen LogP contribution in [-0.4, -0.2) is 36.0 Å². The van der Waals surface area contributed by atoms with Crippen LogP contribution in [0.3, 0.4) is 0 Å². The van der Waals surface area contributed by atoms with E-state index in [1.54, 1.807) is 0 Å². The lowest BCUT2D eigenvalue weighted by Crippen LogP contribution is -2.63. The van der Waals surface area contributed by atoms with Gasteiger partial charge in [0.1, 0.15) is 0 Å². The van der Waals surface area contributed by atoms with Gasteiger partial charge in [-0.1, -0.05) is 27.2 Å². The Kier molecular flexibility index (Phi) is 3.53. The molecule has 2 rings (SSSR count). The molecule has 1 unspecified atom stereocenters. The van der Waals surface area contributed by atoms with Crippen molar-refractivity contribution in [3.8, 4) is 0 Å². The maximum atomic E-state index is 12.0. The van der Waals surface area contributed by atoms with E-state index >= 15 is 0 Å². The first-order valence-electron chi connectivity index (χ1n) is 6.62. The Balaban J connectivity index is 1.68. The van der Waals surface area contributed by atoms with Gasteiger partial charge >= 0.3 is 0 Å². The van der Waals surface area contributed by atoms with E-state index in [-0.39, 0.29) is 5.92 Å². The molecule has 1 aliphatic carbocycles. The van der Waals surface area contributed by atoms with Gasteiger partial charge in [0.05, 0.1) is 0 Å². The second kappa shape index (κ2) is 4.74. The Hall–Kier alpha value is -0.570. The lowest BCUT2D eigenvalue weighted by Gasteiger charge is -2.44. The van der Waals surface area contributed by atoms with E-state index in [1.165, 1.54) is 19.3 Å². The van der Waals surface area contributed by atoms with Gasteiger partial charge in [-0.05, 0) is 18.8 Å². The van der Waals surface area contributed by atoms with Crippen molar-refractivity contribution in [2.75, 3.05) is 13.1 Å². The van der Waals surface area contributed by atoms with Crippen LogP contribution in [0.4, 0.5) is 0 Å². The minimum atomic E-state index is 0.171. The van der Waals surface area contributed by atoms with Crippen molar-refractivity contribution in [3.63, 3.8) is 0 Å². The Morgan fingerprint density at radius 1 is 1.19 bits per heavy atom. The Bertz CT molecular complexity index is 255. The van der Waals surface area contributed by atoms with Crippen LogP contribution in [0.2, 0.25) is 0 Å². The van der Waals surface area contributed by atoms with Crippen molar-refractivity contribution in [3.05, 3.63) is 0 Å². The summed E-state index contributed by atoms with van der Waals surface area (Å²) < 4.78 is 0. The molecule has 0 radical (unpaired) electrons. The summed E-state index contributed by atoms with van der Waals surface area (Å²) in [7, 11) is 0. The van der Waals surface area contributed by atoms with Gasteiger partial charge in [0.2, 0.25) is 5.91 Å². The molecule has 1 heterocycles. The van der Waals surface area contributed by atoms with Crippen LogP contribution in [0, 0.1) is 11.8 Å². The smallest absolute Gasteiger partial charge is 0.225 e. The molecule has 1 atom stereocenters. The fourth-order valence-electron chi connectivity index (χ4n) is 2.25. The molecule has 1 aliphatic heterocycles. The van der Waals surface area contributed by atoms with E-state index in [4.69, 9.17) is 0 Å². The second-order valence-electron chi connectivity index (χ2n) is 5.77. The molecule has 1 saturated carbocycles. The number of carbonyl (C=O) groups excluding carboxylic acids is 1. The van der Waals surface area contributed by atoms with Crippen LogP contribution in [0.5, 0.6) is 0 Å². The topological polar surface area (TPSA) is 32.3 Å². The standard InChI is InChI=1S/C13H24N2O/c1-9(2)10(3)13(16)15-7-12(8-15)14-11-5-4-6-11/h9-12,14H,4-8H2,1-3H3. The summed E-state index contributed by atoms with van der Waals surface area (Å²) in [6.45, 7) is 8.12. The van der Waals surface area contributed by atoms with Gasteiger partial charge in [-0.25, -0.2) is 0 Å². The van der Waals surface area contributed by atoms with E-state index in [9.17, 15) is 4.79 Å². The highest BCUT2D eigenvalue weighted by molar-refractivity contribution is 5.79. The molecule has 1 N–H and O–H groups in total. The molecule has 3 nitrogen and oxygen atoms in total. The van der Waals surface area contributed by atoms with Gasteiger partial charge < -0.3 is 10.2 Å². The summed E-state index contributed by atoms with van der Waals surface area (Å²) in [5.41, 5.74) is 0. The normalized spacial score (nSPS) is 24.1. The molecule has 16 heavy (non-hydrogen) atoms. The molecule has 0 aromatic rings. The first-order valence-corrected chi connectivity index (χ1v) is 6.62. The molecule has 0 spiro atoms. The van der Waals surface area contributed by atoms with Crippen LogP contribution in [0.15, 0.2) is 0 Å². The van der Waals surface area contributed by atoms with E-state index in [1.807, 2.05) is 11.8 Å². The molecule has 2 fully saturated rings. The number of amides is 1. The van der Waals surface area contributed by atoms with E-state index in [2.05, 4.69) is 19.2 Å². The predicted molar refractivity (Wildman–Crippen MR) is 65.1 cm³/mol. The molecule has 1 amide bonds. The van der Waals surface area contributed by atoms with Crippen molar-refractivity contribution in [1.82, 2.24) is 10.2 Å². The summed E-state index contributed by atoms with van der Waals surface area (Å²) in [6.07, 6.45) is 4.02. The SMILES string of the molecule is CC(C)C(C)C(=O)N1CC(NC2CCC2)C1. The van der Waals surface area contributed by atoms with E-state index < -0.39 is 0 Å². The fraction of sp³-hybridized carbons (Fsp3) is 0.923. The number of rotatable bonds is 4. The highest BCUT2D eigenvalue weighted by Gasteiger charge is 2.35. The van der Waals surface area contributed by atoms with E-state index in [0.29, 0.717) is 17.9 Å². The van der Waals surface area contributed by atoms with Crippen molar-refractivity contribution in [2.24, 2.45) is 11.8 Å². The van der Waals surface area contributed by atoms with Gasteiger partial charge in [0.15, 0.2) is 0 Å². The van der Waals surface area contributed by atoms with Crippen molar-refractivity contribution < 1.29 is 4.79 Å². The molecule has 0 aromatic heterocycles. The third kappa shape index (κ3) is 2.40. The van der Waals surface area contributed by atoms with Crippen LogP contribution in [-0.2, 0) is 4.79 Å². The van der Waals surface area contributed by atoms with Gasteiger partial charge in [-0.3, -0.25) is 4.79 Å². The maximum Gasteiger partial charge on any atom is 0.225 e. The predicted octanol–water partition coefficient (Wildman–Crippen LogP) is 1.63. The van der Waals surface area contributed by atoms with Crippen molar-refractivity contribution >= 4 is 5.91 Å². The molecule has 3 heteroatoms. The number of hydrogen-bond donors (Lipinski definition) is 1. The zero-order valence-corrected chi connectivity index (χ0v) is 10.7. The van der Waals surface area contributed by atoms with Gasteiger partial charge in [0.25, 0.3) is 0 Å². The summed E-state index contributed by atoms with van der Waals surface area (Å²) in [5, 5.41) is 3.61. The summed E-state index contributed by atoms with van der Waals surface area (Å²) in [5.74, 6) is 0.956. The summed E-state index contributed by atoms with van der Waals surface area (Å²) in [6, 6.07) is 1.30. The van der Waals surface area contributed by atoms with Gasteiger partial charge in [-0.15, -0.1) is 0 Å². The Morgan fingerprint density at radius 2 is 1.81 bits per heavy atom. The van der Waals surface area contributed by atoms with Crippen molar-refractivity contribution in [1.29, 1.82) is 0 Å². The minimum absolute atomic E-state index is 0.171.